The van der Waals surface area contributed by atoms with Gasteiger partial charge in [0.05, 0.1) is 11.2 Å². The quantitative estimate of drug-likeness (QED) is 0.779. The maximum absolute atomic E-state index is 11.8. The van der Waals surface area contributed by atoms with Crippen LogP contribution in [0.1, 0.15) is 31.4 Å². The molecule has 0 amide bonds. The number of hydrogen-bond donors (Lipinski definition) is 1. The molecule has 0 aromatic carbocycles. The van der Waals surface area contributed by atoms with Gasteiger partial charge < -0.3 is 5.73 Å². The number of nitrogens with two attached hydrogens (primary N) is 1. The Balaban J connectivity index is 2.51. The minimum Gasteiger partial charge on any atom is -0.328 e. The second-order valence-corrected chi connectivity index (χ2v) is 4.36. The number of aryl methyl sites for hydroxylation is 1. The first kappa shape index (κ1) is 10.4. The molecular formula is C11H17N3O. The molecule has 1 fully saturated rings. The summed E-state index contributed by atoms with van der Waals surface area (Å²) < 4.78 is 1.61. The summed E-state index contributed by atoms with van der Waals surface area (Å²) in [5.74, 6) is 0. The number of aromatic nitrogens is 2. The summed E-state index contributed by atoms with van der Waals surface area (Å²) in [6, 6.07) is 3.33. The lowest BCUT2D eigenvalue weighted by Gasteiger charge is -2.28. The first-order valence-corrected chi connectivity index (χ1v) is 5.45. The molecule has 0 radical (unpaired) electrons. The highest BCUT2D eigenvalue weighted by atomic mass is 16.1. The number of hydrogen-bond acceptors (Lipinski definition) is 3. The van der Waals surface area contributed by atoms with Gasteiger partial charge >= 0.3 is 0 Å². The molecule has 0 saturated heterocycles. The van der Waals surface area contributed by atoms with Gasteiger partial charge in [-0.1, -0.05) is 12.8 Å². The third-order valence-corrected chi connectivity index (χ3v) is 3.30. The van der Waals surface area contributed by atoms with Gasteiger partial charge in [0.15, 0.2) is 0 Å². The van der Waals surface area contributed by atoms with Crippen LogP contribution in [0.2, 0.25) is 0 Å². The molecule has 1 aromatic heterocycles. The standard InChI is InChI=1S/C11H17N3O/c1-9-4-5-10(15)14(13-9)11(8-12)6-2-3-7-11/h4-5H,2-3,6-8,12H2,1H3. The molecule has 1 aromatic rings. The van der Waals surface area contributed by atoms with Crippen molar-refractivity contribution < 1.29 is 0 Å². The lowest BCUT2D eigenvalue weighted by atomic mass is 9.98. The Morgan fingerprint density at radius 1 is 1.47 bits per heavy atom. The zero-order valence-corrected chi connectivity index (χ0v) is 9.07. The summed E-state index contributed by atoms with van der Waals surface area (Å²) in [7, 11) is 0. The summed E-state index contributed by atoms with van der Waals surface area (Å²) in [6.45, 7) is 2.40. The Morgan fingerprint density at radius 2 is 2.13 bits per heavy atom. The molecule has 0 spiro atoms. The molecule has 2 N–H and O–H groups in total. The molecular weight excluding hydrogens is 190 g/mol. The van der Waals surface area contributed by atoms with E-state index in [-0.39, 0.29) is 11.1 Å². The van der Waals surface area contributed by atoms with Crippen molar-refractivity contribution >= 4 is 0 Å². The van der Waals surface area contributed by atoms with Crippen molar-refractivity contribution in [2.45, 2.75) is 38.1 Å². The molecule has 1 heterocycles. The van der Waals surface area contributed by atoms with Crippen LogP contribution in [0.4, 0.5) is 0 Å². The molecule has 2 rings (SSSR count). The monoisotopic (exact) mass is 207 g/mol. The summed E-state index contributed by atoms with van der Waals surface area (Å²) >= 11 is 0. The Labute approximate surface area is 89.1 Å². The van der Waals surface area contributed by atoms with Gasteiger partial charge in [-0.25, -0.2) is 4.68 Å². The zero-order chi connectivity index (χ0) is 10.9. The Hall–Kier alpha value is -1.16. The minimum atomic E-state index is -0.219. The van der Waals surface area contributed by atoms with Crippen molar-refractivity contribution in [3.8, 4) is 0 Å². The summed E-state index contributed by atoms with van der Waals surface area (Å²) in [5, 5.41) is 4.32. The van der Waals surface area contributed by atoms with Crippen LogP contribution < -0.4 is 11.3 Å². The van der Waals surface area contributed by atoms with Crippen molar-refractivity contribution in [1.82, 2.24) is 9.78 Å². The minimum absolute atomic E-state index is 0.0343. The van der Waals surface area contributed by atoms with E-state index in [2.05, 4.69) is 5.10 Å². The van der Waals surface area contributed by atoms with Crippen LogP contribution in [0.15, 0.2) is 16.9 Å². The first-order chi connectivity index (χ1) is 7.18. The maximum atomic E-state index is 11.8. The van der Waals surface area contributed by atoms with Gasteiger partial charge in [0, 0.05) is 12.6 Å². The van der Waals surface area contributed by atoms with E-state index in [0.717, 1.165) is 31.4 Å². The molecule has 4 nitrogen and oxygen atoms in total. The highest BCUT2D eigenvalue weighted by molar-refractivity contribution is 5.01. The van der Waals surface area contributed by atoms with Crippen LogP contribution in [-0.4, -0.2) is 16.3 Å². The van der Waals surface area contributed by atoms with Gasteiger partial charge in [-0.3, -0.25) is 4.79 Å². The lowest BCUT2D eigenvalue weighted by Crippen LogP contribution is -2.46. The fraction of sp³-hybridized carbons (Fsp3) is 0.636. The van der Waals surface area contributed by atoms with Gasteiger partial charge in [-0.2, -0.15) is 5.10 Å². The highest BCUT2D eigenvalue weighted by Crippen LogP contribution is 2.33. The Kier molecular flexibility index (Phi) is 2.61. The van der Waals surface area contributed by atoms with Crippen LogP contribution in [0.3, 0.4) is 0 Å². The third-order valence-electron chi connectivity index (χ3n) is 3.30. The van der Waals surface area contributed by atoms with E-state index in [1.807, 2.05) is 6.92 Å². The molecule has 0 unspecified atom stereocenters. The van der Waals surface area contributed by atoms with Crippen LogP contribution >= 0.6 is 0 Å². The van der Waals surface area contributed by atoms with Crippen molar-refractivity contribution in [2.75, 3.05) is 6.54 Å². The van der Waals surface area contributed by atoms with Gasteiger partial charge in [0.1, 0.15) is 0 Å². The molecule has 1 saturated carbocycles. The van der Waals surface area contributed by atoms with Crippen molar-refractivity contribution in [3.05, 3.63) is 28.2 Å². The van der Waals surface area contributed by atoms with E-state index < -0.39 is 0 Å². The molecule has 1 aliphatic rings. The molecule has 1 aliphatic carbocycles. The number of rotatable bonds is 2. The highest BCUT2D eigenvalue weighted by Gasteiger charge is 2.36. The van der Waals surface area contributed by atoms with Gasteiger partial charge in [-0.15, -0.1) is 0 Å². The van der Waals surface area contributed by atoms with E-state index in [9.17, 15) is 4.79 Å². The Bertz CT molecular complexity index is 405. The van der Waals surface area contributed by atoms with Crippen LogP contribution in [0.5, 0.6) is 0 Å². The summed E-state index contributed by atoms with van der Waals surface area (Å²) in [6.07, 6.45) is 4.22. The number of nitrogens with zero attached hydrogens (tertiary/aromatic N) is 2. The van der Waals surface area contributed by atoms with Crippen LogP contribution in [0.25, 0.3) is 0 Å². The maximum Gasteiger partial charge on any atom is 0.267 e. The SMILES string of the molecule is Cc1ccc(=O)n(C2(CN)CCCC2)n1. The second-order valence-electron chi connectivity index (χ2n) is 4.36. The molecule has 15 heavy (non-hydrogen) atoms. The fourth-order valence-electron chi connectivity index (χ4n) is 2.38. The predicted octanol–water partition coefficient (Wildman–Crippen LogP) is 0.780. The molecule has 4 heteroatoms. The lowest BCUT2D eigenvalue weighted by molar-refractivity contribution is 0.259. The molecule has 0 aliphatic heterocycles. The van der Waals surface area contributed by atoms with Gasteiger partial charge in [0.2, 0.25) is 0 Å². The van der Waals surface area contributed by atoms with E-state index >= 15 is 0 Å². The fourth-order valence-corrected chi connectivity index (χ4v) is 2.38. The van der Waals surface area contributed by atoms with E-state index in [1.54, 1.807) is 16.8 Å². The van der Waals surface area contributed by atoms with E-state index in [1.165, 1.54) is 0 Å². The normalized spacial score (nSPS) is 19.3. The van der Waals surface area contributed by atoms with E-state index in [4.69, 9.17) is 5.73 Å². The second kappa shape index (κ2) is 3.77. The molecule has 0 bridgehead atoms. The predicted molar refractivity (Wildman–Crippen MR) is 58.7 cm³/mol. The van der Waals surface area contributed by atoms with Crippen molar-refractivity contribution in [1.29, 1.82) is 0 Å². The average Bonchev–Trinajstić information content (AvgIpc) is 2.71. The smallest absolute Gasteiger partial charge is 0.267 e. The van der Waals surface area contributed by atoms with Crippen molar-refractivity contribution in [2.24, 2.45) is 5.73 Å². The van der Waals surface area contributed by atoms with Crippen molar-refractivity contribution in [3.63, 3.8) is 0 Å². The topological polar surface area (TPSA) is 60.9 Å². The third kappa shape index (κ3) is 1.69. The van der Waals surface area contributed by atoms with Crippen LogP contribution in [0, 0.1) is 6.92 Å². The summed E-state index contributed by atoms with van der Waals surface area (Å²) in [4.78, 5) is 11.8. The Morgan fingerprint density at radius 3 is 2.73 bits per heavy atom. The van der Waals surface area contributed by atoms with Gasteiger partial charge in [-0.05, 0) is 25.8 Å². The summed E-state index contributed by atoms with van der Waals surface area (Å²) in [5.41, 5.74) is 6.44. The average molecular weight is 207 g/mol. The van der Waals surface area contributed by atoms with E-state index in [0.29, 0.717) is 6.54 Å². The van der Waals surface area contributed by atoms with Gasteiger partial charge in [0.25, 0.3) is 5.56 Å². The zero-order valence-electron chi connectivity index (χ0n) is 9.07. The van der Waals surface area contributed by atoms with Crippen LogP contribution in [-0.2, 0) is 5.54 Å². The first-order valence-electron chi connectivity index (χ1n) is 5.45. The molecule has 0 atom stereocenters. The molecule has 82 valence electrons. The largest absolute Gasteiger partial charge is 0.328 e.